The first kappa shape index (κ1) is 11.9. The Morgan fingerprint density at radius 3 is 2.89 bits per heavy atom. The van der Waals surface area contributed by atoms with E-state index in [0.29, 0.717) is 30.0 Å². The van der Waals surface area contributed by atoms with Gasteiger partial charge in [-0.25, -0.2) is 0 Å². The molecule has 0 unspecified atom stereocenters. The largest absolute Gasteiger partial charge is 0.363 e. The Morgan fingerprint density at radius 1 is 1.32 bits per heavy atom. The SMILES string of the molecule is O=C(c1conc1-c1ccccn1)N1CCNCC1. The van der Waals surface area contributed by atoms with Crippen molar-refractivity contribution in [1.29, 1.82) is 0 Å². The van der Waals surface area contributed by atoms with Crippen LogP contribution in [0.3, 0.4) is 0 Å². The summed E-state index contributed by atoms with van der Waals surface area (Å²) in [6.45, 7) is 3.03. The Bertz CT molecular complexity index is 561. The van der Waals surface area contributed by atoms with E-state index in [2.05, 4.69) is 15.5 Å². The second-order valence-electron chi connectivity index (χ2n) is 4.33. The molecule has 3 heterocycles. The van der Waals surface area contributed by atoms with Gasteiger partial charge in [0.2, 0.25) is 0 Å². The standard InChI is InChI=1S/C13H14N4O2/c18-13(17-7-5-14-6-8-17)10-9-19-16-12(10)11-3-1-2-4-15-11/h1-4,9,14H,5-8H2. The van der Waals surface area contributed by atoms with E-state index in [1.807, 2.05) is 18.2 Å². The number of carbonyl (C=O) groups is 1. The van der Waals surface area contributed by atoms with Crippen LogP contribution in [0.25, 0.3) is 11.4 Å². The highest BCUT2D eigenvalue weighted by molar-refractivity contribution is 5.99. The molecule has 19 heavy (non-hydrogen) atoms. The van der Waals surface area contributed by atoms with Gasteiger partial charge in [0.15, 0.2) is 0 Å². The third-order valence-corrected chi connectivity index (χ3v) is 3.11. The maximum atomic E-state index is 12.4. The number of piperazine rings is 1. The first-order valence-electron chi connectivity index (χ1n) is 6.22. The molecular weight excluding hydrogens is 244 g/mol. The minimum absolute atomic E-state index is 0.0524. The van der Waals surface area contributed by atoms with Crippen LogP contribution in [-0.4, -0.2) is 47.1 Å². The van der Waals surface area contributed by atoms with Crippen LogP contribution in [0.5, 0.6) is 0 Å². The van der Waals surface area contributed by atoms with Crippen molar-refractivity contribution >= 4 is 5.91 Å². The van der Waals surface area contributed by atoms with Crippen molar-refractivity contribution in [2.24, 2.45) is 0 Å². The molecule has 6 nitrogen and oxygen atoms in total. The van der Waals surface area contributed by atoms with E-state index in [1.165, 1.54) is 6.26 Å². The van der Waals surface area contributed by atoms with E-state index in [-0.39, 0.29) is 5.91 Å². The van der Waals surface area contributed by atoms with E-state index in [9.17, 15) is 4.79 Å². The molecule has 2 aromatic heterocycles. The van der Waals surface area contributed by atoms with Crippen LogP contribution in [0.2, 0.25) is 0 Å². The van der Waals surface area contributed by atoms with E-state index < -0.39 is 0 Å². The lowest BCUT2D eigenvalue weighted by Crippen LogP contribution is -2.46. The average molecular weight is 258 g/mol. The van der Waals surface area contributed by atoms with Gasteiger partial charge in [0.25, 0.3) is 5.91 Å². The molecule has 0 aromatic carbocycles. The number of carbonyl (C=O) groups excluding carboxylic acids is 1. The van der Waals surface area contributed by atoms with Gasteiger partial charge >= 0.3 is 0 Å². The number of amides is 1. The van der Waals surface area contributed by atoms with Crippen LogP contribution in [-0.2, 0) is 0 Å². The molecule has 0 bridgehead atoms. The molecule has 0 radical (unpaired) electrons. The predicted octanol–water partition coefficient (Wildman–Crippen LogP) is 0.782. The maximum Gasteiger partial charge on any atom is 0.259 e. The summed E-state index contributed by atoms with van der Waals surface area (Å²) in [4.78, 5) is 18.4. The van der Waals surface area contributed by atoms with Gasteiger partial charge in [0.05, 0.1) is 5.69 Å². The molecule has 1 amide bonds. The monoisotopic (exact) mass is 258 g/mol. The number of nitrogens with zero attached hydrogens (tertiary/aromatic N) is 3. The van der Waals surface area contributed by atoms with Crippen LogP contribution in [0.15, 0.2) is 35.2 Å². The number of rotatable bonds is 2. The molecule has 1 saturated heterocycles. The van der Waals surface area contributed by atoms with Gasteiger partial charge in [-0.1, -0.05) is 11.2 Å². The van der Waals surface area contributed by atoms with Gasteiger partial charge in [-0.05, 0) is 12.1 Å². The summed E-state index contributed by atoms with van der Waals surface area (Å²) in [6, 6.07) is 5.49. The van der Waals surface area contributed by atoms with Crippen molar-refractivity contribution < 1.29 is 9.32 Å². The normalized spacial score (nSPS) is 15.5. The molecule has 98 valence electrons. The Kier molecular flexibility index (Phi) is 3.24. The Hall–Kier alpha value is -2.21. The quantitative estimate of drug-likeness (QED) is 0.862. The van der Waals surface area contributed by atoms with E-state index in [1.54, 1.807) is 11.1 Å². The molecule has 1 fully saturated rings. The van der Waals surface area contributed by atoms with Crippen LogP contribution < -0.4 is 5.32 Å². The summed E-state index contributed by atoms with van der Waals surface area (Å²) in [5, 5.41) is 7.12. The number of hydrogen-bond donors (Lipinski definition) is 1. The molecule has 1 aliphatic rings. The molecule has 0 aliphatic carbocycles. The van der Waals surface area contributed by atoms with E-state index >= 15 is 0 Å². The Morgan fingerprint density at radius 2 is 2.16 bits per heavy atom. The van der Waals surface area contributed by atoms with Crippen LogP contribution in [0, 0.1) is 0 Å². The van der Waals surface area contributed by atoms with Crippen molar-refractivity contribution in [3.63, 3.8) is 0 Å². The molecule has 1 aliphatic heterocycles. The number of hydrogen-bond acceptors (Lipinski definition) is 5. The predicted molar refractivity (Wildman–Crippen MR) is 68.5 cm³/mol. The van der Waals surface area contributed by atoms with Crippen molar-refractivity contribution in [3.05, 3.63) is 36.2 Å². The summed E-state index contributed by atoms with van der Waals surface area (Å²) in [5.41, 5.74) is 1.62. The second kappa shape index (κ2) is 5.19. The highest BCUT2D eigenvalue weighted by Crippen LogP contribution is 2.21. The zero-order valence-corrected chi connectivity index (χ0v) is 10.4. The van der Waals surface area contributed by atoms with E-state index in [0.717, 1.165) is 13.1 Å². The van der Waals surface area contributed by atoms with Gasteiger partial charge in [-0.2, -0.15) is 0 Å². The fourth-order valence-corrected chi connectivity index (χ4v) is 2.11. The minimum Gasteiger partial charge on any atom is -0.363 e. The van der Waals surface area contributed by atoms with Crippen LogP contribution in [0.1, 0.15) is 10.4 Å². The fourth-order valence-electron chi connectivity index (χ4n) is 2.11. The van der Waals surface area contributed by atoms with Gasteiger partial charge in [-0.15, -0.1) is 0 Å². The topological polar surface area (TPSA) is 71.3 Å². The molecule has 0 spiro atoms. The third kappa shape index (κ3) is 2.34. The van der Waals surface area contributed by atoms with Crippen molar-refractivity contribution in [2.45, 2.75) is 0 Å². The lowest BCUT2D eigenvalue weighted by molar-refractivity contribution is 0.0735. The van der Waals surface area contributed by atoms with Gasteiger partial charge in [0.1, 0.15) is 17.5 Å². The number of pyridine rings is 1. The minimum atomic E-state index is -0.0524. The molecule has 1 N–H and O–H groups in total. The zero-order chi connectivity index (χ0) is 13.1. The summed E-state index contributed by atoms with van der Waals surface area (Å²) in [7, 11) is 0. The highest BCUT2D eigenvalue weighted by atomic mass is 16.5. The van der Waals surface area contributed by atoms with E-state index in [4.69, 9.17) is 4.52 Å². The molecule has 3 rings (SSSR count). The summed E-state index contributed by atoms with van der Waals surface area (Å²) >= 11 is 0. The zero-order valence-electron chi connectivity index (χ0n) is 10.4. The Labute approximate surface area is 110 Å². The molecule has 2 aromatic rings. The molecule has 0 saturated carbocycles. The smallest absolute Gasteiger partial charge is 0.259 e. The van der Waals surface area contributed by atoms with Crippen molar-refractivity contribution in [1.82, 2.24) is 20.4 Å². The Balaban J connectivity index is 1.89. The maximum absolute atomic E-state index is 12.4. The fraction of sp³-hybridized carbons (Fsp3) is 0.308. The summed E-state index contributed by atoms with van der Waals surface area (Å²) in [6.07, 6.45) is 3.07. The second-order valence-corrected chi connectivity index (χ2v) is 4.33. The van der Waals surface area contributed by atoms with Crippen molar-refractivity contribution in [2.75, 3.05) is 26.2 Å². The summed E-state index contributed by atoms with van der Waals surface area (Å²) in [5.74, 6) is -0.0524. The van der Waals surface area contributed by atoms with Gasteiger partial charge in [0, 0.05) is 32.4 Å². The highest BCUT2D eigenvalue weighted by Gasteiger charge is 2.24. The summed E-state index contributed by atoms with van der Waals surface area (Å²) < 4.78 is 4.96. The lowest BCUT2D eigenvalue weighted by Gasteiger charge is -2.27. The molecule has 0 atom stereocenters. The first-order valence-corrected chi connectivity index (χ1v) is 6.22. The number of nitrogens with one attached hydrogen (secondary N) is 1. The van der Waals surface area contributed by atoms with Crippen molar-refractivity contribution in [3.8, 4) is 11.4 Å². The van der Waals surface area contributed by atoms with Crippen LogP contribution >= 0.6 is 0 Å². The molecule has 6 heteroatoms. The molecular formula is C13H14N4O2. The number of aromatic nitrogens is 2. The first-order chi connectivity index (χ1) is 9.36. The van der Waals surface area contributed by atoms with Gasteiger partial charge in [-0.3, -0.25) is 9.78 Å². The van der Waals surface area contributed by atoms with Crippen LogP contribution in [0.4, 0.5) is 0 Å². The van der Waals surface area contributed by atoms with Gasteiger partial charge < -0.3 is 14.7 Å². The lowest BCUT2D eigenvalue weighted by atomic mass is 10.1. The average Bonchev–Trinajstić information content (AvgIpc) is 2.98. The third-order valence-electron chi connectivity index (χ3n) is 3.11.